The number of aromatic nitrogens is 3. The average Bonchev–Trinajstić information content (AvgIpc) is 4.03. The van der Waals surface area contributed by atoms with Gasteiger partial charge in [0.25, 0.3) is 0 Å². The SMILES string of the molecule is Brc1cccc2[nH]ccc12.CC(=O)Cl.CC(=O)n1ccc2c(B3OC(C)(C)C(C)(C)O3)cccc21.CC(=O)n1ccc2c(Br)cccc21.CC1(C)OB(B2OC(C)(C)C(C)(C)O2)OC1(C)C. The number of halogens is 3. The summed E-state index contributed by atoms with van der Waals surface area (Å²) in [5.74, 6) is 0.0316. The molecule has 0 bridgehead atoms. The molecule has 6 aromatic rings. The van der Waals surface area contributed by atoms with Crippen LogP contribution in [0, 0.1) is 0 Å². The van der Waals surface area contributed by atoms with E-state index in [1.54, 1.807) is 35.4 Å². The van der Waals surface area contributed by atoms with Crippen molar-refractivity contribution in [1.29, 1.82) is 0 Å². The molecule has 12 nitrogen and oxygen atoms in total. The molecule has 3 aromatic carbocycles. The second-order valence-corrected chi connectivity index (χ2v) is 21.6. The summed E-state index contributed by atoms with van der Waals surface area (Å²) in [4.78, 5) is 35.2. The molecule has 0 saturated carbocycles. The molecule has 3 fully saturated rings. The van der Waals surface area contributed by atoms with Crippen LogP contribution in [-0.4, -0.2) is 85.9 Å². The van der Waals surface area contributed by atoms with E-state index < -0.39 is 21.1 Å². The van der Waals surface area contributed by atoms with Crippen LogP contribution < -0.4 is 5.46 Å². The largest absolute Gasteiger partial charge is 0.495 e. The lowest BCUT2D eigenvalue weighted by Gasteiger charge is -2.32. The minimum atomic E-state index is -0.476. The Balaban J connectivity index is 0.000000165. The van der Waals surface area contributed by atoms with Crippen molar-refractivity contribution in [3.05, 3.63) is 100 Å². The van der Waals surface area contributed by atoms with Crippen molar-refractivity contribution in [3.63, 3.8) is 0 Å². The highest BCUT2D eigenvalue weighted by Crippen LogP contribution is 2.43. The van der Waals surface area contributed by atoms with E-state index in [1.165, 1.54) is 17.8 Å². The monoisotopic (exact) mass is 1050 g/mol. The number of nitrogens with zero attached hydrogens (tertiary/aromatic N) is 2. The highest BCUT2D eigenvalue weighted by atomic mass is 79.9. The first-order valence-corrected chi connectivity index (χ1v) is 23.7. The van der Waals surface area contributed by atoms with Crippen molar-refractivity contribution < 1.29 is 42.3 Å². The molecule has 18 heteroatoms. The minimum Gasteiger partial charge on any atom is -0.405 e. The molecule has 0 atom stereocenters. The lowest BCUT2D eigenvalue weighted by molar-refractivity contribution is -0.109. The first-order valence-electron chi connectivity index (χ1n) is 21.7. The normalized spacial score (nSPS) is 19.2. The fraction of sp³-hybridized carbons (Fsp3) is 0.438. The van der Waals surface area contributed by atoms with Gasteiger partial charge in [-0.1, -0.05) is 56.1 Å². The predicted molar refractivity (Wildman–Crippen MR) is 275 cm³/mol. The third-order valence-electron chi connectivity index (χ3n) is 12.9. The summed E-state index contributed by atoms with van der Waals surface area (Å²) in [5, 5.41) is 2.94. The summed E-state index contributed by atoms with van der Waals surface area (Å²) in [6.07, 6.45) is 5.52. The number of aromatic amines is 1. The molecule has 3 aliphatic heterocycles. The molecule has 3 aromatic heterocycles. The maximum absolute atomic E-state index is 11.7. The lowest BCUT2D eigenvalue weighted by atomic mass is 9.49. The van der Waals surface area contributed by atoms with Crippen molar-refractivity contribution in [2.75, 3.05) is 0 Å². The second kappa shape index (κ2) is 20.2. The first kappa shape index (κ1) is 53.4. The van der Waals surface area contributed by atoms with Crippen molar-refractivity contribution >= 4 is 120 Å². The Morgan fingerprint density at radius 1 is 0.515 bits per heavy atom. The molecule has 0 radical (unpaired) electrons. The maximum Gasteiger partial charge on any atom is 0.495 e. The van der Waals surface area contributed by atoms with Gasteiger partial charge in [-0.25, -0.2) is 0 Å². The standard InChI is InChI=1S/C16H20BNO3.C12H24B2O4.C10H8BrNO.C8H6BrN.C2H3ClO/c1-11(19)18-10-9-12-13(7-6-8-14(12)18)17-20-15(2,3)16(4,5)21-17;1-9(2)10(3,4)16-13(15-9)14-17-11(5,6)12(7,8)18-14;1-7(13)12-6-5-8-9(11)3-2-4-10(8)12;9-7-2-1-3-8-6(7)4-5-10-8;1-2(3)4/h6-10H,1-5H3;1-8H3;2-6H,1H3;1-5,10H;1H3. The Hall–Kier alpha value is -3.51. The summed E-state index contributed by atoms with van der Waals surface area (Å²) in [5.41, 5.74) is 1.79. The number of hydrogen-bond acceptors (Lipinski definition) is 9. The Kier molecular flexibility index (Phi) is 16.4. The molecule has 6 heterocycles. The molecule has 3 aliphatic rings. The van der Waals surface area contributed by atoms with Gasteiger partial charge in [-0.15, -0.1) is 0 Å². The second-order valence-electron chi connectivity index (χ2n) is 19.3. The topological polar surface area (TPSA) is 132 Å². The summed E-state index contributed by atoms with van der Waals surface area (Å²) < 4.78 is 41.5. The van der Waals surface area contributed by atoms with E-state index in [-0.39, 0.29) is 50.7 Å². The van der Waals surface area contributed by atoms with Crippen LogP contribution in [0.4, 0.5) is 0 Å². The zero-order chi connectivity index (χ0) is 49.4. The van der Waals surface area contributed by atoms with Gasteiger partial charge in [0, 0.05) is 64.6 Å². The van der Waals surface area contributed by atoms with Crippen molar-refractivity contribution in [3.8, 4) is 0 Å². The van der Waals surface area contributed by atoms with Crippen LogP contribution in [0.2, 0.25) is 0 Å². The highest BCUT2D eigenvalue weighted by Gasteiger charge is 2.63. The molecule has 0 unspecified atom stereocenters. The number of hydrogen-bond donors (Lipinski definition) is 1. The number of fused-ring (bicyclic) bond motifs is 3. The van der Waals surface area contributed by atoms with Crippen LogP contribution in [0.15, 0.2) is 100 Å². The molecular weight excluding hydrogens is 990 g/mol. The van der Waals surface area contributed by atoms with E-state index in [9.17, 15) is 14.4 Å². The van der Waals surface area contributed by atoms with E-state index in [1.807, 2.05) is 150 Å². The summed E-state index contributed by atoms with van der Waals surface area (Å²) in [6, 6.07) is 23.7. The Bertz CT molecular complexity index is 2620. The summed E-state index contributed by atoms with van der Waals surface area (Å²) >= 11 is 11.5. The third kappa shape index (κ3) is 11.7. The minimum absolute atomic E-state index is 0.00364. The van der Waals surface area contributed by atoms with E-state index >= 15 is 0 Å². The van der Waals surface area contributed by atoms with Crippen LogP contribution in [0.3, 0.4) is 0 Å². The molecule has 0 aliphatic carbocycles. The Morgan fingerprint density at radius 2 is 0.879 bits per heavy atom. The van der Waals surface area contributed by atoms with Gasteiger partial charge in [-0.2, -0.15) is 0 Å². The maximum atomic E-state index is 11.7. The lowest BCUT2D eigenvalue weighted by Crippen LogP contribution is -2.41. The van der Waals surface area contributed by atoms with Crippen molar-refractivity contribution in [2.45, 2.75) is 137 Å². The smallest absolute Gasteiger partial charge is 0.405 e. The molecule has 352 valence electrons. The first-order chi connectivity index (χ1) is 30.4. The van der Waals surface area contributed by atoms with Crippen LogP contribution in [0.25, 0.3) is 32.7 Å². The molecular formula is C48H61B3Br2ClN3O9. The van der Waals surface area contributed by atoms with Gasteiger partial charge in [0.15, 0.2) is 0 Å². The van der Waals surface area contributed by atoms with Crippen LogP contribution in [-0.2, 0) is 32.7 Å². The van der Waals surface area contributed by atoms with Crippen molar-refractivity contribution in [2.24, 2.45) is 0 Å². The van der Waals surface area contributed by atoms with E-state index in [0.29, 0.717) is 0 Å². The molecule has 3 saturated heterocycles. The molecule has 1 N–H and O–H groups in total. The van der Waals surface area contributed by atoms with Gasteiger partial charge in [0.2, 0.25) is 17.1 Å². The van der Waals surface area contributed by atoms with Gasteiger partial charge in [-0.05, 0) is 154 Å². The zero-order valence-corrected chi connectivity index (χ0v) is 44.5. The summed E-state index contributed by atoms with van der Waals surface area (Å²) in [6.45, 7) is 28.8. The van der Waals surface area contributed by atoms with Gasteiger partial charge in [0.1, 0.15) is 0 Å². The Labute approximate surface area is 411 Å². The third-order valence-corrected chi connectivity index (χ3v) is 14.3. The highest BCUT2D eigenvalue weighted by molar-refractivity contribution is 9.11. The Morgan fingerprint density at radius 3 is 1.30 bits per heavy atom. The molecule has 9 rings (SSSR count). The molecule has 0 spiro atoms. The molecule has 0 amide bonds. The number of carbonyl (C=O) groups excluding carboxylic acids is 3. The van der Waals surface area contributed by atoms with E-state index in [4.69, 9.17) is 27.9 Å². The number of carbonyl (C=O) groups is 3. The van der Waals surface area contributed by atoms with Gasteiger partial charge >= 0.3 is 21.1 Å². The average molecular weight is 1050 g/mol. The number of H-pyrrole nitrogens is 1. The van der Waals surface area contributed by atoms with Crippen LogP contribution in [0.1, 0.15) is 113 Å². The van der Waals surface area contributed by atoms with Crippen molar-refractivity contribution in [1.82, 2.24) is 14.1 Å². The molecule has 66 heavy (non-hydrogen) atoms. The van der Waals surface area contributed by atoms with Gasteiger partial charge < -0.3 is 32.9 Å². The number of benzene rings is 3. The summed E-state index contributed by atoms with van der Waals surface area (Å²) in [7, 11) is -1.37. The number of rotatable bonds is 2. The zero-order valence-electron chi connectivity index (χ0n) is 40.6. The van der Waals surface area contributed by atoms with E-state index in [2.05, 4.69) is 60.6 Å². The van der Waals surface area contributed by atoms with Gasteiger partial charge in [-0.3, -0.25) is 23.5 Å². The van der Waals surface area contributed by atoms with E-state index in [0.717, 1.165) is 36.2 Å². The quantitative estimate of drug-likeness (QED) is 0.133. The van der Waals surface area contributed by atoms with Crippen LogP contribution >= 0.6 is 43.5 Å². The fourth-order valence-electron chi connectivity index (χ4n) is 7.09. The predicted octanol–water partition coefficient (Wildman–Crippen LogP) is 11.6. The van der Waals surface area contributed by atoms with Crippen LogP contribution in [0.5, 0.6) is 0 Å². The van der Waals surface area contributed by atoms with Gasteiger partial charge in [0.05, 0.1) is 44.6 Å². The fourth-order valence-corrected chi connectivity index (χ4v) is 8.08. The number of nitrogens with one attached hydrogen (secondary N) is 1.